The van der Waals surface area contributed by atoms with Crippen molar-refractivity contribution in [2.24, 2.45) is 0 Å². The van der Waals surface area contributed by atoms with Gasteiger partial charge in [-0.1, -0.05) is 6.07 Å². The van der Waals surface area contributed by atoms with E-state index >= 15 is 0 Å². The third-order valence-corrected chi connectivity index (χ3v) is 2.28. The lowest BCUT2D eigenvalue weighted by molar-refractivity contribution is 1.50. The van der Waals surface area contributed by atoms with Gasteiger partial charge in [0.25, 0.3) is 0 Å². The first-order chi connectivity index (χ1) is 5.42. The number of fused-ring (bicyclic) bond motifs is 1. The SMILES string of the molecule is N#Cc1cccc2sncc12. The summed E-state index contributed by atoms with van der Waals surface area (Å²) >= 11 is 1.42. The number of hydrogen-bond acceptors (Lipinski definition) is 3. The van der Waals surface area contributed by atoms with E-state index in [0.717, 1.165) is 10.1 Å². The van der Waals surface area contributed by atoms with Gasteiger partial charge in [-0.15, -0.1) is 0 Å². The van der Waals surface area contributed by atoms with E-state index in [1.807, 2.05) is 12.1 Å². The zero-order valence-corrected chi connectivity index (χ0v) is 6.43. The van der Waals surface area contributed by atoms with Gasteiger partial charge in [-0.3, -0.25) is 0 Å². The average molecular weight is 160 g/mol. The summed E-state index contributed by atoms with van der Waals surface area (Å²) in [6.07, 6.45) is 1.73. The number of hydrogen-bond donors (Lipinski definition) is 0. The van der Waals surface area contributed by atoms with Crippen molar-refractivity contribution in [1.82, 2.24) is 4.37 Å². The Kier molecular flexibility index (Phi) is 1.34. The van der Waals surface area contributed by atoms with E-state index in [-0.39, 0.29) is 0 Å². The van der Waals surface area contributed by atoms with Crippen LogP contribution < -0.4 is 0 Å². The predicted molar refractivity (Wildman–Crippen MR) is 44.3 cm³/mol. The van der Waals surface area contributed by atoms with E-state index < -0.39 is 0 Å². The van der Waals surface area contributed by atoms with E-state index in [1.165, 1.54) is 11.5 Å². The minimum Gasteiger partial charge on any atom is -0.200 e. The van der Waals surface area contributed by atoms with E-state index in [2.05, 4.69) is 10.4 Å². The summed E-state index contributed by atoms with van der Waals surface area (Å²) in [5.41, 5.74) is 0.705. The molecule has 0 aliphatic carbocycles. The van der Waals surface area contributed by atoms with Crippen LogP contribution in [0.3, 0.4) is 0 Å². The summed E-state index contributed by atoms with van der Waals surface area (Å²) in [6, 6.07) is 7.77. The van der Waals surface area contributed by atoms with Crippen molar-refractivity contribution in [3.05, 3.63) is 30.0 Å². The van der Waals surface area contributed by atoms with Gasteiger partial charge in [0.15, 0.2) is 0 Å². The molecule has 1 aromatic heterocycles. The highest BCUT2D eigenvalue weighted by atomic mass is 32.1. The van der Waals surface area contributed by atoms with E-state index in [4.69, 9.17) is 5.26 Å². The molecule has 1 heterocycles. The maximum Gasteiger partial charge on any atom is 0.0999 e. The van der Waals surface area contributed by atoms with Crippen LogP contribution in [0.5, 0.6) is 0 Å². The number of aromatic nitrogens is 1. The van der Waals surface area contributed by atoms with Crippen LogP contribution in [0.4, 0.5) is 0 Å². The Hall–Kier alpha value is -1.40. The monoisotopic (exact) mass is 160 g/mol. The molecule has 0 radical (unpaired) electrons. The Morgan fingerprint density at radius 1 is 1.45 bits per heavy atom. The van der Waals surface area contributed by atoms with E-state index in [0.29, 0.717) is 5.56 Å². The van der Waals surface area contributed by atoms with Crippen LogP contribution in [0.2, 0.25) is 0 Å². The van der Waals surface area contributed by atoms with Crippen LogP contribution in [0.15, 0.2) is 24.4 Å². The molecule has 3 heteroatoms. The van der Waals surface area contributed by atoms with Crippen LogP contribution >= 0.6 is 11.5 Å². The summed E-state index contributed by atoms with van der Waals surface area (Å²) in [5, 5.41) is 9.64. The molecule has 0 unspecified atom stereocenters. The minimum absolute atomic E-state index is 0.705. The zero-order valence-electron chi connectivity index (χ0n) is 5.61. The fourth-order valence-electron chi connectivity index (χ4n) is 0.990. The molecular formula is C8H4N2S. The second kappa shape index (κ2) is 2.33. The summed E-state index contributed by atoms with van der Waals surface area (Å²) in [4.78, 5) is 0. The van der Waals surface area contributed by atoms with Gasteiger partial charge in [0.2, 0.25) is 0 Å². The van der Waals surface area contributed by atoms with Gasteiger partial charge in [-0.05, 0) is 23.7 Å². The highest BCUT2D eigenvalue weighted by molar-refractivity contribution is 7.13. The molecule has 0 fully saturated rings. The van der Waals surface area contributed by atoms with Gasteiger partial charge >= 0.3 is 0 Å². The highest BCUT2D eigenvalue weighted by Crippen LogP contribution is 2.20. The first kappa shape index (κ1) is 6.32. The lowest BCUT2D eigenvalue weighted by Crippen LogP contribution is -1.71. The van der Waals surface area contributed by atoms with Crippen molar-refractivity contribution in [2.45, 2.75) is 0 Å². The average Bonchev–Trinajstić information content (AvgIpc) is 2.50. The third kappa shape index (κ3) is 0.883. The molecule has 1 aromatic carbocycles. The standard InChI is InChI=1S/C8H4N2S/c9-4-6-2-1-3-8-7(6)5-10-11-8/h1-3,5H. The lowest BCUT2D eigenvalue weighted by atomic mass is 10.2. The van der Waals surface area contributed by atoms with Crippen molar-refractivity contribution >= 4 is 21.6 Å². The lowest BCUT2D eigenvalue weighted by Gasteiger charge is -1.87. The molecule has 0 spiro atoms. The maximum atomic E-state index is 8.68. The smallest absolute Gasteiger partial charge is 0.0999 e. The molecule has 0 N–H and O–H groups in total. The van der Waals surface area contributed by atoms with Crippen LogP contribution in [-0.4, -0.2) is 4.37 Å². The van der Waals surface area contributed by atoms with Gasteiger partial charge in [0, 0.05) is 11.6 Å². The van der Waals surface area contributed by atoms with Crippen LogP contribution in [0.25, 0.3) is 10.1 Å². The fraction of sp³-hybridized carbons (Fsp3) is 0. The molecule has 2 aromatic rings. The number of benzene rings is 1. The van der Waals surface area contributed by atoms with Crippen molar-refractivity contribution in [2.75, 3.05) is 0 Å². The van der Waals surface area contributed by atoms with Crippen molar-refractivity contribution in [3.8, 4) is 6.07 Å². The minimum atomic E-state index is 0.705. The summed E-state index contributed by atoms with van der Waals surface area (Å²) in [6.45, 7) is 0. The summed E-state index contributed by atoms with van der Waals surface area (Å²) in [5.74, 6) is 0. The predicted octanol–water partition coefficient (Wildman–Crippen LogP) is 2.17. The molecule has 0 saturated heterocycles. The maximum absolute atomic E-state index is 8.68. The molecule has 2 nitrogen and oxygen atoms in total. The topological polar surface area (TPSA) is 36.7 Å². The van der Waals surface area contributed by atoms with Gasteiger partial charge in [0.05, 0.1) is 16.3 Å². The highest BCUT2D eigenvalue weighted by Gasteiger charge is 1.99. The van der Waals surface area contributed by atoms with Crippen LogP contribution in [0.1, 0.15) is 5.56 Å². The summed E-state index contributed by atoms with van der Waals surface area (Å²) < 4.78 is 5.07. The second-order valence-electron chi connectivity index (χ2n) is 2.15. The largest absolute Gasteiger partial charge is 0.200 e. The van der Waals surface area contributed by atoms with E-state index in [1.54, 1.807) is 12.3 Å². The molecule has 0 bridgehead atoms. The Morgan fingerprint density at radius 2 is 2.36 bits per heavy atom. The zero-order chi connectivity index (χ0) is 7.68. The van der Waals surface area contributed by atoms with Crippen molar-refractivity contribution in [1.29, 1.82) is 5.26 Å². The van der Waals surface area contributed by atoms with Gasteiger partial charge in [-0.2, -0.15) is 9.64 Å². The molecule has 52 valence electrons. The Balaban J connectivity index is 2.92. The number of rotatable bonds is 0. The van der Waals surface area contributed by atoms with Crippen LogP contribution in [-0.2, 0) is 0 Å². The molecule has 0 atom stereocenters. The van der Waals surface area contributed by atoms with Crippen molar-refractivity contribution in [3.63, 3.8) is 0 Å². The molecule has 0 amide bonds. The number of nitrogens with zero attached hydrogens (tertiary/aromatic N) is 2. The molecule has 0 saturated carbocycles. The van der Waals surface area contributed by atoms with Crippen molar-refractivity contribution < 1.29 is 0 Å². The van der Waals surface area contributed by atoms with Gasteiger partial charge < -0.3 is 0 Å². The quantitative estimate of drug-likeness (QED) is 0.592. The molecule has 0 aliphatic heterocycles. The third-order valence-electron chi connectivity index (χ3n) is 1.52. The van der Waals surface area contributed by atoms with E-state index in [9.17, 15) is 0 Å². The Morgan fingerprint density at radius 3 is 3.18 bits per heavy atom. The fourth-order valence-corrected chi connectivity index (χ4v) is 1.66. The molecule has 11 heavy (non-hydrogen) atoms. The van der Waals surface area contributed by atoms with Gasteiger partial charge in [-0.25, -0.2) is 0 Å². The second-order valence-corrected chi connectivity index (χ2v) is 2.99. The van der Waals surface area contributed by atoms with Gasteiger partial charge in [0.1, 0.15) is 0 Å². The first-order valence-electron chi connectivity index (χ1n) is 3.15. The first-order valence-corrected chi connectivity index (χ1v) is 3.92. The Bertz CT molecular complexity index is 425. The Labute approximate surface area is 67.9 Å². The molecular weight excluding hydrogens is 156 g/mol. The van der Waals surface area contributed by atoms with Crippen LogP contribution in [0, 0.1) is 11.3 Å². The number of nitriles is 1. The summed E-state index contributed by atoms with van der Waals surface area (Å²) in [7, 11) is 0. The molecule has 2 rings (SSSR count). The normalized spacial score (nSPS) is 9.73. The molecule has 0 aliphatic rings.